The van der Waals surface area contributed by atoms with Crippen molar-refractivity contribution < 1.29 is 69.2 Å². The van der Waals surface area contributed by atoms with Gasteiger partial charge in [-0.15, -0.1) is 11.5 Å². The molecule has 32 heavy (non-hydrogen) atoms. The van der Waals surface area contributed by atoms with Crippen LogP contribution in [-0.2, 0) is 59.0 Å². The molecule has 0 spiro atoms. The minimum atomic E-state index is 0. The third-order valence-electron chi connectivity index (χ3n) is 3.28. The van der Waals surface area contributed by atoms with Crippen molar-refractivity contribution >= 4 is 12.4 Å². The Balaban J connectivity index is -0.0000000889. The fourth-order valence-corrected chi connectivity index (χ4v) is 1.85. The second-order valence-corrected chi connectivity index (χ2v) is 5.35. The number of likely N-dealkylation sites (N-methyl/N-ethyl adjacent to an activating group) is 2. The first kappa shape index (κ1) is 44.1. The molecule has 0 atom stereocenters. The summed E-state index contributed by atoms with van der Waals surface area (Å²) in [7, 11) is 3.74. The van der Waals surface area contributed by atoms with Crippen molar-refractivity contribution in [3.8, 4) is 11.5 Å². The fourth-order valence-electron chi connectivity index (χ4n) is 1.85. The van der Waals surface area contributed by atoms with E-state index in [1.54, 1.807) is 48.8 Å². The van der Waals surface area contributed by atoms with E-state index >= 15 is 0 Å². The van der Waals surface area contributed by atoms with Crippen LogP contribution < -0.4 is 20.8 Å². The molecule has 2 aromatic rings. The molecule has 0 bridgehead atoms. The van der Waals surface area contributed by atoms with Crippen molar-refractivity contribution in [2.75, 3.05) is 40.3 Å². The number of hydrogen-bond acceptors (Lipinski definition) is 6. The molecule has 2 rings (SSSR count). The van der Waals surface area contributed by atoms with Gasteiger partial charge in [0.25, 0.3) is 0 Å². The molecule has 0 aliphatic rings. The van der Waals surface area contributed by atoms with E-state index in [-0.39, 0.29) is 70.5 Å². The van der Waals surface area contributed by atoms with Gasteiger partial charge in [-0.1, -0.05) is 48.5 Å². The van der Waals surface area contributed by atoms with Gasteiger partial charge in [-0.05, 0) is 25.2 Å². The first-order valence-electron chi connectivity index (χ1n) is 8.50. The Morgan fingerprint density at radius 1 is 0.656 bits per heavy atom. The monoisotopic (exact) mass is 520 g/mol. The van der Waals surface area contributed by atoms with E-state index in [0.717, 1.165) is 13.1 Å². The predicted molar refractivity (Wildman–Crippen MR) is 107 cm³/mol. The summed E-state index contributed by atoms with van der Waals surface area (Å²) in [4.78, 5) is 8.21. The molecule has 0 aliphatic heterocycles. The topological polar surface area (TPSA) is 209 Å². The summed E-state index contributed by atoms with van der Waals surface area (Å²) in [6, 6.07) is 13.7. The predicted octanol–water partition coefficient (Wildman–Crippen LogP) is 0.317. The van der Waals surface area contributed by atoms with E-state index in [1.165, 1.54) is 0 Å². The summed E-state index contributed by atoms with van der Waals surface area (Å²) in [6.45, 7) is 3.06. The zero-order valence-corrected chi connectivity index (χ0v) is 20.6. The van der Waals surface area contributed by atoms with Crippen molar-refractivity contribution in [1.82, 2.24) is 10.6 Å². The van der Waals surface area contributed by atoms with Gasteiger partial charge >= 0.3 is 0 Å². The van der Waals surface area contributed by atoms with Crippen LogP contribution >= 0.6 is 0 Å². The Labute approximate surface area is 213 Å². The van der Waals surface area contributed by atoms with Crippen molar-refractivity contribution in [2.24, 2.45) is 9.98 Å². The molecule has 0 saturated carbocycles. The summed E-state index contributed by atoms with van der Waals surface area (Å²) in [5, 5.41) is 28.3. The average molecular weight is 520 g/mol. The van der Waals surface area contributed by atoms with E-state index in [0.29, 0.717) is 24.2 Å². The molecular formula is C20H26N4O6V2-10. The SMILES string of the molecule is CNCCN=Cc1ccccc1[O-].CNCCN=Cc1ccccc1[O-].[O-2].[O-2].[O-2].[O-2].[V].[V]. The molecule has 2 aromatic carbocycles. The van der Waals surface area contributed by atoms with E-state index in [4.69, 9.17) is 0 Å². The van der Waals surface area contributed by atoms with Crippen LogP contribution in [0, 0.1) is 0 Å². The zero-order valence-electron chi connectivity index (χ0n) is 17.8. The second-order valence-electron chi connectivity index (χ2n) is 5.35. The number of para-hydroxylation sites is 2. The molecule has 2 N–H and O–H groups in total. The minimum Gasteiger partial charge on any atom is -2.00 e. The summed E-state index contributed by atoms with van der Waals surface area (Å²) in [6.07, 6.45) is 3.25. The average Bonchev–Trinajstić information content (AvgIpc) is 2.66. The van der Waals surface area contributed by atoms with Gasteiger partial charge in [0.1, 0.15) is 0 Å². The number of nitrogens with one attached hydrogen (secondary N) is 2. The number of benzene rings is 2. The smallest absolute Gasteiger partial charge is 0.0514 e. The van der Waals surface area contributed by atoms with Gasteiger partial charge in [-0.3, -0.25) is 9.98 Å². The van der Waals surface area contributed by atoms with Gasteiger partial charge in [-0.2, -0.15) is 0 Å². The van der Waals surface area contributed by atoms with Gasteiger partial charge < -0.3 is 42.8 Å². The first-order chi connectivity index (χ1) is 12.7. The third kappa shape index (κ3) is 20.2. The Morgan fingerprint density at radius 2 is 0.969 bits per heavy atom. The van der Waals surface area contributed by atoms with E-state index < -0.39 is 0 Å². The van der Waals surface area contributed by atoms with E-state index in [1.807, 2.05) is 26.2 Å². The second kappa shape index (κ2) is 29.3. The standard InChI is InChI=1S/2C10H14N2O.4O.2V/c2*1-11-6-7-12-8-9-4-2-3-5-10(9)13;;;;;;/h2*2-5,8,11,13H,6-7H2,1H3;;;;;;/q;;4*-2;;/p-2. The molecule has 0 aromatic heterocycles. The molecular weight excluding hydrogens is 494 g/mol. The summed E-state index contributed by atoms with van der Waals surface area (Å²) < 4.78 is 0. The number of hydrogen-bond donors (Lipinski definition) is 2. The van der Waals surface area contributed by atoms with Crippen LogP contribution in [0.5, 0.6) is 11.5 Å². The summed E-state index contributed by atoms with van der Waals surface area (Å²) >= 11 is 0. The van der Waals surface area contributed by atoms with Gasteiger partial charge in [0, 0.05) is 62.6 Å². The minimum absolute atomic E-state index is 0. The zero-order chi connectivity index (χ0) is 19.0. The van der Waals surface area contributed by atoms with Crippen LogP contribution in [0.25, 0.3) is 0 Å². The Bertz CT molecular complexity index is 650. The maximum atomic E-state index is 11.2. The maximum Gasteiger partial charge on any atom is 0.0514 e. The third-order valence-corrected chi connectivity index (χ3v) is 3.28. The molecule has 0 heterocycles. The number of rotatable bonds is 8. The summed E-state index contributed by atoms with van der Waals surface area (Å²) in [5.41, 5.74) is 1.30. The Morgan fingerprint density at radius 3 is 1.25 bits per heavy atom. The van der Waals surface area contributed by atoms with Crippen LogP contribution in [0.1, 0.15) is 11.1 Å². The molecule has 12 heteroatoms. The van der Waals surface area contributed by atoms with Crippen molar-refractivity contribution in [3.05, 3.63) is 59.7 Å². The molecule has 0 saturated heterocycles. The van der Waals surface area contributed by atoms with Gasteiger partial charge in [0.15, 0.2) is 0 Å². The summed E-state index contributed by atoms with van der Waals surface area (Å²) in [5.74, 6) is 0.0476. The van der Waals surface area contributed by atoms with Crippen LogP contribution in [0.4, 0.5) is 0 Å². The normalized spacial score (nSPS) is 8.81. The molecule has 0 aliphatic carbocycles. The molecule has 10 nitrogen and oxygen atoms in total. The van der Waals surface area contributed by atoms with Crippen LogP contribution in [0.3, 0.4) is 0 Å². The van der Waals surface area contributed by atoms with Gasteiger partial charge in [0.2, 0.25) is 0 Å². The van der Waals surface area contributed by atoms with Crippen molar-refractivity contribution in [2.45, 2.75) is 0 Å². The largest absolute Gasteiger partial charge is 2.00 e. The van der Waals surface area contributed by atoms with Crippen molar-refractivity contribution in [3.63, 3.8) is 0 Å². The van der Waals surface area contributed by atoms with E-state index in [9.17, 15) is 10.2 Å². The van der Waals surface area contributed by atoms with Crippen molar-refractivity contribution in [1.29, 1.82) is 0 Å². The Hall–Kier alpha value is -1.69. The quantitative estimate of drug-likeness (QED) is 0.372. The van der Waals surface area contributed by atoms with E-state index in [2.05, 4.69) is 20.6 Å². The molecule has 0 unspecified atom stereocenters. The maximum absolute atomic E-state index is 11.2. The van der Waals surface area contributed by atoms with Gasteiger partial charge in [-0.25, -0.2) is 0 Å². The van der Waals surface area contributed by atoms with Crippen LogP contribution in [0.15, 0.2) is 58.5 Å². The van der Waals surface area contributed by atoms with Gasteiger partial charge in [0.05, 0.1) is 13.1 Å². The molecule has 2 radical (unpaired) electrons. The first-order valence-corrected chi connectivity index (χ1v) is 8.50. The molecule has 182 valence electrons. The number of aliphatic imine (C=N–C) groups is 2. The number of nitrogens with zero attached hydrogens (tertiary/aromatic N) is 2. The fraction of sp³-hybridized carbons (Fsp3) is 0.300. The molecule has 0 amide bonds. The van der Waals surface area contributed by atoms with Crippen LogP contribution in [0.2, 0.25) is 0 Å². The molecule has 0 fully saturated rings. The van der Waals surface area contributed by atoms with Crippen LogP contribution in [-0.4, -0.2) is 52.7 Å². The Kier molecular flexibility index (Phi) is 40.4.